The fraction of sp³-hybridized carbons (Fsp3) is 0.375. The molecule has 0 aliphatic rings. The van der Waals surface area contributed by atoms with Crippen molar-refractivity contribution in [2.24, 2.45) is 0 Å². The van der Waals surface area contributed by atoms with Crippen LogP contribution in [0.1, 0.15) is 19.8 Å². The van der Waals surface area contributed by atoms with Crippen LogP contribution in [-0.2, 0) is 4.79 Å². The average molecular weight is 124 g/mol. The van der Waals surface area contributed by atoms with Gasteiger partial charge in [-0.05, 0) is 18.6 Å². The lowest BCUT2D eigenvalue weighted by atomic mass is 10.3. The third-order valence-corrected chi connectivity index (χ3v) is 0.939. The molecule has 1 heteroatoms. The van der Waals surface area contributed by atoms with Gasteiger partial charge in [-0.2, -0.15) is 0 Å². The summed E-state index contributed by atoms with van der Waals surface area (Å²) in [5, 5.41) is 0. The molecule has 0 aromatic heterocycles. The number of allylic oxidation sites excluding steroid dienone is 3. The third-order valence-electron chi connectivity index (χ3n) is 0.939. The first-order valence-electron chi connectivity index (χ1n) is 3.14. The average Bonchev–Trinajstić information content (AvgIpc) is 1.89. The summed E-state index contributed by atoms with van der Waals surface area (Å²) in [5.74, 6) is -0.0107. The summed E-state index contributed by atoms with van der Waals surface area (Å²) in [6.07, 6.45) is 6.78. The van der Waals surface area contributed by atoms with E-state index >= 15 is 0 Å². The summed E-state index contributed by atoms with van der Waals surface area (Å²) < 4.78 is 0. The van der Waals surface area contributed by atoms with Gasteiger partial charge in [0.1, 0.15) is 0 Å². The zero-order chi connectivity index (χ0) is 7.11. The van der Waals surface area contributed by atoms with E-state index < -0.39 is 0 Å². The second-order valence-electron chi connectivity index (χ2n) is 1.80. The van der Waals surface area contributed by atoms with Crippen molar-refractivity contribution in [2.75, 3.05) is 0 Å². The molecular formula is C8H12O. The molecule has 0 rings (SSSR count). The Morgan fingerprint density at radius 2 is 2.33 bits per heavy atom. The quantitative estimate of drug-likeness (QED) is 0.524. The first-order chi connectivity index (χ1) is 4.31. The highest BCUT2D eigenvalue weighted by Crippen LogP contribution is 1.88. The Balaban J connectivity index is 3.44. The number of hydrogen-bond acceptors (Lipinski definition) is 1. The first-order valence-corrected chi connectivity index (χ1v) is 3.14. The molecule has 0 aliphatic carbocycles. The van der Waals surface area contributed by atoms with Gasteiger partial charge < -0.3 is 0 Å². The van der Waals surface area contributed by atoms with E-state index in [2.05, 4.69) is 13.5 Å². The van der Waals surface area contributed by atoms with Crippen molar-refractivity contribution in [3.05, 3.63) is 24.8 Å². The lowest BCUT2D eigenvalue weighted by Crippen LogP contribution is -1.81. The van der Waals surface area contributed by atoms with Crippen LogP contribution in [0.3, 0.4) is 0 Å². The van der Waals surface area contributed by atoms with Gasteiger partial charge in [-0.1, -0.05) is 26.0 Å². The van der Waals surface area contributed by atoms with E-state index in [0.29, 0.717) is 0 Å². The molecule has 0 saturated carbocycles. The Hall–Kier alpha value is -0.850. The molecule has 0 aromatic rings. The summed E-state index contributed by atoms with van der Waals surface area (Å²) in [6, 6.07) is 0. The molecule has 0 amide bonds. The van der Waals surface area contributed by atoms with Crippen molar-refractivity contribution in [1.29, 1.82) is 0 Å². The normalized spacial score (nSPS) is 9.89. The van der Waals surface area contributed by atoms with Crippen LogP contribution in [-0.4, -0.2) is 5.78 Å². The summed E-state index contributed by atoms with van der Waals surface area (Å²) in [6.45, 7) is 5.41. The summed E-state index contributed by atoms with van der Waals surface area (Å²) in [5.41, 5.74) is 0. The van der Waals surface area contributed by atoms with Crippen molar-refractivity contribution in [3.63, 3.8) is 0 Å². The van der Waals surface area contributed by atoms with Gasteiger partial charge in [-0.3, -0.25) is 4.79 Å². The Bertz CT molecular complexity index is 123. The number of carbonyl (C=O) groups excluding carboxylic acids is 1. The molecular weight excluding hydrogens is 112 g/mol. The SMILES string of the molecule is C=CC(=O)/C=C/CCC. The van der Waals surface area contributed by atoms with Crippen molar-refractivity contribution < 1.29 is 4.79 Å². The molecule has 0 aliphatic heterocycles. The first kappa shape index (κ1) is 8.15. The molecule has 0 fully saturated rings. The van der Waals surface area contributed by atoms with Gasteiger partial charge >= 0.3 is 0 Å². The van der Waals surface area contributed by atoms with E-state index in [1.54, 1.807) is 6.08 Å². The number of unbranched alkanes of at least 4 members (excludes halogenated alkanes) is 1. The Labute approximate surface area is 56.1 Å². The highest BCUT2D eigenvalue weighted by atomic mass is 16.1. The maximum absolute atomic E-state index is 10.5. The standard InChI is InChI=1S/C8H12O/c1-3-5-6-7-8(9)4-2/h4,6-7H,2-3,5H2,1H3/b7-6+. The molecule has 0 aromatic carbocycles. The van der Waals surface area contributed by atoms with Gasteiger partial charge in [0.2, 0.25) is 0 Å². The summed E-state index contributed by atoms with van der Waals surface area (Å²) >= 11 is 0. The van der Waals surface area contributed by atoms with Crippen LogP contribution >= 0.6 is 0 Å². The maximum Gasteiger partial charge on any atom is 0.177 e. The number of hydrogen-bond donors (Lipinski definition) is 0. The summed E-state index contributed by atoms with van der Waals surface area (Å²) in [4.78, 5) is 10.5. The fourth-order valence-electron chi connectivity index (χ4n) is 0.434. The van der Waals surface area contributed by atoms with Gasteiger partial charge in [0.25, 0.3) is 0 Å². The van der Waals surface area contributed by atoms with E-state index in [1.807, 2.05) is 6.08 Å². The molecule has 1 nitrogen and oxygen atoms in total. The lowest BCUT2D eigenvalue weighted by Gasteiger charge is -1.81. The van der Waals surface area contributed by atoms with Gasteiger partial charge in [-0.15, -0.1) is 0 Å². The van der Waals surface area contributed by atoms with E-state index in [4.69, 9.17) is 0 Å². The van der Waals surface area contributed by atoms with Crippen molar-refractivity contribution in [3.8, 4) is 0 Å². The molecule has 0 N–H and O–H groups in total. The predicted molar refractivity (Wildman–Crippen MR) is 39.3 cm³/mol. The fourth-order valence-corrected chi connectivity index (χ4v) is 0.434. The minimum Gasteiger partial charge on any atom is -0.290 e. The van der Waals surface area contributed by atoms with Crippen LogP contribution in [0.25, 0.3) is 0 Å². The number of ketones is 1. The van der Waals surface area contributed by atoms with Crippen LogP contribution in [0.4, 0.5) is 0 Å². The number of rotatable bonds is 4. The Kier molecular flexibility index (Phi) is 4.79. The Morgan fingerprint density at radius 1 is 1.67 bits per heavy atom. The van der Waals surface area contributed by atoms with Crippen LogP contribution < -0.4 is 0 Å². The molecule has 9 heavy (non-hydrogen) atoms. The molecule has 50 valence electrons. The van der Waals surface area contributed by atoms with E-state index in [0.717, 1.165) is 12.8 Å². The van der Waals surface area contributed by atoms with Crippen molar-refractivity contribution >= 4 is 5.78 Å². The lowest BCUT2D eigenvalue weighted by molar-refractivity contribution is -0.110. The van der Waals surface area contributed by atoms with Crippen LogP contribution in [0.5, 0.6) is 0 Å². The van der Waals surface area contributed by atoms with Gasteiger partial charge in [-0.25, -0.2) is 0 Å². The zero-order valence-corrected chi connectivity index (χ0v) is 5.76. The molecule has 0 radical (unpaired) electrons. The molecule has 0 bridgehead atoms. The van der Waals surface area contributed by atoms with Gasteiger partial charge in [0, 0.05) is 0 Å². The summed E-state index contributed by atoms with van der Waals surface area (Å²) in [7, 11) is 0. The number of carbonyl (C=O) groups is 1. The second kappa shape index (κ2) is 5.29. The Morgan fingerprint density at radius 3 is 2.78 bits per heavy atom. The van der Waals surface area contributed by atoms with Crippen LogP contribution in [0.15, 0.2) is 24.8 Å². The molecule has 0 saturated heterocycles. The zero-order valence-electron chi connectivity index (χ0n) is 5.76. The van der Waals surface area contributed by atoms with E-state index in [9.17, 15) is 4.79 Å². The highest BCUT2D eigenvalue weighted by molar-refractivity contribution is 5.98. The molecule has 0 atom stereocenters. The van der Waals surface area contributed by atoms with Crippen molar-refractivity contribution in [1.82, 2.24) is 0 Å². The maximum atomic E-state index is 10.5. The minimum atomic E-state index is -0.0107. The van der Waals surface area contributed by atoms with Gasteiger partial charge in [0.15, 0.2) is 5.78 Å². The monoisotopic (exact) mass is 124 g/mol. The molecule has 0 heterocycles. The predicted octanol–water partition coefficient (Wildman–Crippen LogP) is 2.10. The van der Waals surface area contributed by atoms with Crippen LogP contribution in [0, 0.1) is 0 Å². The smallest absolute Gasteiger partial charge is 0.177 e. The largest absolute Gasteiger partial charge is 0.290 e. The van der Waals surface area contributed by atoms with Crippen LogP contribution in [0.2, 0.25) is 0 Å². The molecule has 0 spiro atoms. The molecule has 0 unspecified atom stereocenters. The van der Waals surface area contributed by atoms with E-state index in [1.165, 1.54) is 6.08 Å². The minimum absolute atomic E-state index is 0.0107. The van der Waals surface area contributed by atoms with E-state index in [-0.39, 0.29) is 5.78 Å². The van der Waals surface area contributed by atoms with Gasteiger partial charge in [0.05, 0.1) is 0 Å². The second-order valence-corrected chi connectivity index (χ2v) is 1.80. The highest BCUT2D eigenvalue weighted by Gasteiger charge is 1.82. The van der Waals surface area contributed by atoms with Crippen molar-refractivity contribution in [2.45, 2.75) is 19.8 Å². The topological polar surface area (TPSA) is 17.1 Å². The third kappa shape index (κ3) is 5.01.